The van der Waals surface area contributed by atoms with E-state index in [0.717, 1.165) is 15.1 Å². The lowest BCUT2D eigenvalue weighted by Gasteiger charge is -1.84. The van der Waals surface area contributed by atoms with Gasteiger partial charge in [-0.05, 0) is 23.6 Å². The Balaban J connectivity index is 1.86. The molecule has 3 aromatic rings. The number of furan rings is 1. The molecule has 0 spiro atoms. The lowest BCUT2D eigenvalue weighted by molar-refractivity contribution is -0.402. The molecule has 0 bridgehead atoms. The van der Waals surface area contributed by atoms with E-state index in [2.05, 4.69) is 4.99 Å². The summed E-state index contributed by atoms with van der Waals surface area (Å²) < 4.78 is 6.15. The quantitative estimate of drug-likeness (QED) is 0.408. The summed E-state index contributed by atoms with van der Waals surface area (Å²) >= 11 is 1.56. The van der Waals surface area contributed by atoms with Crippen molar-refractivity contribution in [2.45, 2.75) is 0 Å². The maximum Gasteiger partial charge on any atom is 0.433 e. The molecule has 0 aliphatic rings. The topological polar surface area (TPSA) is 68.6 Å². The van der Waals surface area contributed by atoms with Crippen molar-refractivity contribution >= 4 is 38.5 Å². The van der Waals surface area contributed by atoms with Gasteiger partial charge in [-0.15, -0.1) is 11.3 Å². The molecule has 19 heavy (non-hydrogen) atoms. The molecule has 0 amide bonds. The van der Waals surface area contributed by atoms with Gasteiger partial charge < -0.3 is 4.42 Å². The number of fused-ring (bicyclic) bond motifs is 1. The van der Waals surface area contributed by atoms with E-state index in [1.165, 1.54) is 18.3 Å². The molecule has 1 aromatic carbocycles. The van der Waals surface area contributed by atoms with E-state index in [4.69, 9.17) is 4.42 Å². The van der Waals surface area contributed by atoms with Crippen LogP contribution in [-0.4, -0.2) is 11.1 Å². The average molecular weight is 272 g/mol. The van der Waals surface area contributed by atoms with Crippen LogP contribution in [0.3, 0.4) is 0 Å². The summed E-state index contributed by atoms with van der Waals surface area (Å²) in [5, 5.41) is 12.4. The van der Waals surface area contributed by atoms with E-state index in [-0.39, 0.29) is 5.88 Å². The van der Waals surface area contributed by atoms with E-state index in [0.29, 0.717) is 5.76 Å². The summed E-state index contributed by atoms with van der Waals surface area (Å²) in [6.45, 7) is 0. The van der Waals surface area contributed by atoms with Crippen LogP contribution in [0.25, 0.3) is 10.1 Å². The SMILES string of the molecule is O=[N+]([O-])c1ccc(/C=N/c2cc3ccccc3s2)o1. The van der Waals surface area contributed by atoms with Crippen LogP contribution in [0.4, 0.5) is 10.9 Å². The second kappa shape index (κ2) is 4.66. The van der Waals surface area contributed by atoms with Crippen LogP contribution in [0, 0.1) is 10.1 Å². The van der Waals surface area contributed by atoms with E-state index in [9.17, 15) is 10.1 Å². The van der Waals surface area contributed by atoms with Gasteiger partial charge in [0.1, 0.15) is 9.92 Å². The predicted octanol–water partition coefficient (Wildman–Crippen LogP) is 4.15. The van der Waals surface area contributed by atoms with Gasteiger partial charge in [0.25, 0.3) is 0 Å². The Morgan fingerprint density at radius 2 is 2.11 bits per heavy atom. The molecule has 5 nitrogen and oxygen atoms in total. The van der Waals surface area contributed by atoms with Crippen molar-refractivity contribution in [1.29, 1.82) is 0 Å². The zero-order chi connectivity index (χ0) is 13.2. The first-order valence-electron chi connectivity index (χ1n) is 5.49. The Hall–Kier alpha value is -2.47. The van der Waals surface area contributed by atoms with Crippen LogP contribution in [0.15, 0.2) is 51.9 Å². The smallest absolute Gasteiger partial charge is 0.400 e. The number of rotatable bonds is 3. The molecule has 94 valence electrons. The van der Waals surface area contributed by atoms with Gasteiger partial charge in [0.05, 0.1) is 12.3 Å². The highest BCUT2D eigenvalue weighted by atomic mass is 32.1. The maximum atomic E-state index is 10.5. The lowest BCUT2D eigenvalue weighted by atomic mass is 10.3. The Kier molecular flexibility index (Phi) is 2.85. The number of nitro groups is 1. The van der Waals surface area contributed by atoms with Crippen LogP contribution in [0.5, 0.6) is 0 Å². The summed E-state index contributed by atoms with van der Waals surface area (Å²) in [4.78, 5) is 14.2. The summed E-state index contributed by atoms with van der Waals surface area (Å²) in [6.07, 6.45) is 1.48. The molecule has 2 aromatic heterocycles. The first kappa shape index (κ1) is 11.6. The van der Waals surface area contributed by atoms with E-state index in [1.807, 2.05) is 30.3 Å². The number of aliphatic imine (C=N–C) groups is 1. The number of nitrogens with zero attached hydrogens (tertiary/aromatic N) is 2. The number of benzene rings is 1. The Labute approximate surface area is 112 Å². The van der Waals surface area contributed by atoms with Crippen LogP contribution >= 0.6 is 11.3 Å². The first-order chi connectivity index (χ1) is 9.22. The molecule has 6 heteroatoms. The largest absolute Gasteiger partial charge is 0.433 e. The number of hydrogen-bond donors (Lipinski definition) is 0. The summed E-state index contributed by atoms with van der Waals surface area (Å²) in [5.74, 6) is 0.0851. The average Bonchev–Trinajstić information content (AvgIpc) is 3.02. The minimum atomic E-state index is -0.573. The third-order valence-electron chi connectivity index (χ3n) is 2.52. The highest BCUT2D eigenvalue weighted by Crippen LogP contribution is 2.31. The second-order valence-corrected chi connectivity index (χ2v) is 4.88. The van der Waals surface area contributed by atoms with Crippen LogP contribution in [0.2, 0.25) is 0 Å². The fraction of sp³-hybridized carbons (Fsp3) is 0. The van der Waals surface area contributed by atoms with E-state index < -0.39 is 4.92 Å². The van der Waals surface area contributed by atoms with Crippen molar-refractivity contribution < 1.29 is 9.34 Å². The predicted molar refractivity (Wildman–Crippen MR) is 74.4 cm³/mol. The Morgan fingerprint density at radius 1 is 1.26 bits per heavy atom. The molecule has 0 fully saturated rings. The Bertz CT molecular complexity index is 740. The van der Waals surface area contributed by atoms with Crippen molar-refractivity contribution in [3.63, 3.8) is 0 Å². The highest BCUT2D eigenvalue weighted by molar-refractivity contribution is 7.22. The molecule has 0 aliphatic heterocycles. The van der Waals surface area contributed by atoms with Crippen molar-refractivity contribution in [3.05, 3.63) is 58.3 Å². The maximum absolute atomic E-state index is 10.5. The lowest BCUT2D eigenvalue weighted by Crippen LogP contribution is -1.83. The highest BCUT2D eigenvalue weighted by Gasteiger charge is 2.10. The summed E-state index contributed by atoms with van der Waals surface area (Å²) in [7, 11) is 0. The molecule has 0 atom stereocenters. The standard InChI is InChI=1S/C13H8N2O3S/c16-15(17)13-6-5-10(18-13)8-14-12-7-9-3-1-2-4-11(9)19-12/h1-8H/b14-8+. The van der Waals surface area contributed by atoms with Gasteiger partial charge >= 0.3 is 5.88 Å². The second-order valence-electron chi connectivity index (χ2n) is 3.81. The molecule has 0 saturated heterocycles. The molecule has 0 unspecified atom stereocenters. The van der Waals surface area contributed by atoms with Gasteiger partial charge in [0, 0.05) is 4.70 Å². The normalized spacial score (nSPS) is 11.4. The zero-order valence-electron chi connectivity index (χ0n) is 9.65. The summed E-state index contributed by atoms with van der Waals surface area (Å²) in [5.41, 5.74) is 0. The molecule has 0 N–H and O–H groups in total. The van der Waals surface area contributed by atoms with Gasteiger partial charge in [-0.25, -0.2) is 4.99 Å². The molecule has 0 radical (unpaired) electrons. The molecule has 0 saturated carbocycles. The van der Waals surface area contributed by atoms with Gasteiger partial charge in [-0.3, -0.25) is 10.1 Å². The minimum Gasteiger partial charge on any atom is -0.400 e. The molecular weight excluding hydrogens is 264 g/mol. The number of hydrogen-bond acceptors (Lipinski definition) is 5. The molecular formula is C13H8N2O3S. The van der Waals surface area contributed by atoms with E-state index >= 15 is 0 Å². The number of thiophene rings is 1. The monoisotopic (exact) mass is 272 g/mol. The van der Waals surface area contributed by atoms with Crippen LogP contribution < -0.4 is 0 Å². The molecule has 0 aliphatic carbocycles. The van der Waals surface area contributed by atoms with Gasteiger partial charge in [-0.1, -0.05) is 18.2 Å². The van der Waals surface area contributed by atoms with Crippen LogP contribution in [0.1, 0.15) is 5.76 Å². The minimum absolute atomic E-state index is 0.280. The zero-order valence-corrected chi connectivity index (χ0v) is 10.5. The molecule has 2 heterocycles. The third-order valence-corrected chi connectivity index (χ3v) is 3.55. The van der Waals surface area contributed by atoms with Crippen LogP contribution in [-0.2, 0) is 0 Å². The van der Waals surface area contributed by atoms with E-state index in [1.54, 1.807) is 11.3 Å². The van der Waals surface area contributed by atoms with Gasteiger partial charge in [-0.2, -0.15) is 0 Å². The summed E-state index contributed by atoms with van der Waals surface area (Å²) in [6, 6.07) is 12.8. The first-order valence-corrected chi connectivity index (χ1v) is 6.31. The van der Waals surface area contributed by atoms with Crippen molar-refractivity contribution in [2.75, 3.05) is 0 Å². The Morgan fingerprint density at radius 3 is 2.84 bits per heavy atom. The fourth-order valence-corrected chi connectivity index (χ4v) is 2.58. The van der Waals surface area contributed by atoms with Crippen molar-refractivity contribution in [1.82, 2.24) is 0 Å². The van der Waals surface area contributed by atoms with Crippen molar-refractivity contribution in [2.24, 2.45) is 4.99 Å². The van der Waals surface area contributed by atoms with Gasteiger partial charge in [0.15, 0.2) is 5.76 Å². The van der Waals surface area contributed by atoms with Crippen molar-refractivity contribution in [3.8, 4) is 0 Å². The fourth-order valence-electron chi connectivity index (χ4n) is 1.67. The van der Waals surface area contributed by atoms with Gasteiger partial charge in [0.2, 0.25) is 0 Å². The molecule has 3 rings (SSSR count). The third kappa shape index (κ3) is 2.38.